The minimum atomic E-state index is -5.35. The molecule has 2 amide bonds. The lowest BCUT2D eigenvalue weighted by Crippen LogP contribution is -2.40. The zero-order chi connectivity index (χ0) is 33.1. The molecule has 0 radical (unpaired) electrons. The number of fused-ring (bicyclic) bond motifs is 1. The summed E-state index contributed by atoms with van der Waals surface area (Å²) in [5.74, 6) is -3.58. The van der Waals surface area contributed by atoms with Crippen LogP contribution in [0.25, 0.3) is 22.3 Å². The zero-order valence-electron chi connectivity index (χ0n) is 24.0. The number of carbonyl (C=O) groups excluding carboxylic acids is 3. The molecule has 246 valence electrons. The standard InChI is InChI=1S/C30H28F6N4O6/c31-29(32,33)27(42)45-28(43)37-9-8-21-15-38-26(41)25-24(19-6-4-18(5-7-19)16-39-10-12-44-13-11-39)23(17-40(21)25)20-2-1-3-22(14-20)46-30(34,35)36/h1-7,14,17,21H,8-13,15-16H2,(H,37,43)(H,38,41)/t21-/m0/s1. The Bertz CT molecular complexity index is 1580. The van der Waals surface area contributed by atoms with Gasteiger partial charge in [-0.3, -0.25) is 9.69 Å². The number of morpholine rings is 1. The predicted molar refractivity (Wildman–Crippen MR) is 150 cm³/mol. The molecule has 46 heavy (non-hydrogen) atoms. The van der Waals surface area contributed by atoms with Crippen molar-refractivity contribution in [1.29, 1.82) is 0 Å². The number of hydrogen-bond acceptors (Lipinski definition) is 7. The van der Waals surface area contributed by atoms with Crippen LogP contribution in [0.2, 0.25) is 0 Å². The van der Waals surface area contributed by atoms with E-state index in [1.165, 1.54) is 12.1 Å². The van der Waals surface area contributed by atoms with Crippen LogP contribution < -0.4 is 15.4 Å². The highest BCUT2D eigenvalue weighted by Gasteiger charge is 2.42. The number of alkyl halides is 6. The van der Waals surface area contributed by atoms with Crippen LogP contribution in [-0.2, 0) is 20.8 Å². The molecule has 2 aromatic carbocycles. The van der Waals surface area contributed by atoms with Gasteiger partial charge in [0.1, 0.15) is 11.4 Å². The molecule has 3 heterocycles. The van der Waals surface area contributed by atoms with Crippen LogP contribution in [0.1, 0.15) is 28.5 Å². The van der Waals surface area contributed by atoms with Gasteiger partial charge >= 0.3 is 24.6 Å². The fraction of sp³-hybridized carbons (Fsp3) is 0.367. The van der Waals surface area contributed by atoms with Crippen molar-refractivity contribution in [2.75, 3.05) is 39.4 Å². The van der Waals surface area contributed by atoms with E-state index in [1.54, 1.807) is 16.8 Å². The van der Waals surface area contributed by atoms with E-state index in [0.717, 1.165) is 24.7 Å². The number of nitrogens with one attached hydrogen (secondary N) is 2. The third kappa shape index (κ3) is 7.98. The number of halogens is 6. The largest absolute Gasteiger partial charge is 0.573 e. The van der Waals surface area contributed by atoms with Gasteiger partial charge in [-0.15, -0.1) is 13.2 Å². The Labute approximate surface area is 258 Å². The van der Waals surface area contributed by atoms with Crippen LogP contribution in [0.5, 0.6) is 5.75 Å². The second-order valence-electron chi connectivity index (χ2n) is 10.6. The average molecular weight is 655 g/mol. The maximum absolute atomic E-state index is 13.3. The SMILES string of the molecule is O=C(NCC[C@H]1CNC(=O)c2c(-c3ccc(CN4CCOCC4)cc3)c(-c3cccc(OC(F)(F)F)c3)cn21)OC(=O)C(F)(F)F. The molecule has 2 aliphatic heterocycles. The van der Waals surface area contributed by atoms with E-state index in [1.807, 2.05) is 24.3 Å². The number of carbonyl (C=O) groups is 3. The molecule has 1 atom stereocenters. The van der Waals surface area contributed by atoms with E-state index in [0.29, 0.717) is 42.0 Å². The van der Waals surface area contributed by atoms with E-state index < -0.39 is 42.3 Å². The Morgan fingerprint density at radius 2 is 1.72 bits per heavy atom. The van der Waals surface area contributed by atoms with Crippen LogP contribution in [0.15, 0.2) is 54.7 Å². The number of benzene rings is 2. The molecule has 0 spiro atoms. The van der Waals surface area contributed by atoms with Gasteiger partial charge in [-0.25, -0.2) is 9.59 Å². The molecule has 16 heteroatoms. The minimum absolute atomic E-state index is 0.0767. The van der Waals surface area contributed by atoms with E-state index in [2.05, 4.69) is 25.0 Å². The molecule has 2 N–H and O–H groups in total. The molecule has 10 nitrogen and oxygen atoms in total. The lowest BCUT2D eigenvalue weighted by atomic mass is 9.95. The third-order valence-electron chi connectivity index (χ3n) is 7.43. The molecule has 0 aliphatic carbocycles. The van der Waals surface area contributed by atoms with Crippen molar-refractivity contribution in [2.24, 2.45) is 0 Å². The van der Waals surface area contributed by atoms with Crippen molar-refractivity contribution >= 4 is 18.0 Å². The van der Waals surface area contributed by atoms with Crippen molar-refractivity contribution in [3.8, 4) is 28.0 Å². The fourth-order valence-electron chi connectivity index (χ4n) is 5.36. The Morgan fingerprint density at radius 1 is 1.00 bits per heavy atom. The van der Waals surface area contributed by atoms with Gasteiger partial charge in [0.15, 0.2) is 0 Å². The summed E-state index contributed by atoms with van der Waals surface area (Å²) >= 11 is 0. The van der Waals surface area contributed by atoms with Gasteiger partial charge in [-0.2, -0.15) is 13.2 Å². The monoisotopic (exact) mass is 654 g/mol. The van der Waals surface area contributed by atoms with E-state index in [-0.39, 0.29) is 25.2 Å². The summed E-state index contributed by atoms with van der Waals surface area (Å²) in [5, 5.41) is 4.85. The van der Waals surface area contributed by atoms with E-state index >= 15 is 0 Å². The fourth-order valence-corrected chi connectivity index (χ4v) is 5.36. The number of esters is 1. The molecule has 0 unspecified atom stereocenters. The minimum Gasteiger partial charge on any atom is -0.406 e. The smallest absolute Gasteiger partial charge is 0.406 e. The maximum atomic E-state index is 13.3. The van der Waals surface area contributed by atoms with Gasteiger partial charge in [0.05, 0.1) is 19.3 Å². The normalized spacial score (nSPS) is 17.2. The highest BCUT2D eigenvalue weighted by molar-refractivity contribution is 6.05. The molecule has 5 rings (SSSR count). The van der Waals surface area contributed by atoms with Crippen LogP contribution >= 0.6 is 0 Å². The number of nitrogens with zero attached hydrogens (tertiary/aromatic N) is 2. The van der Waals surface area contributed by atoms with Gasteiger partial charge in [-0.05, 0) is 35.2 Å². The predicted octanol–water partition coefficient (Wildman–Crippen LogP) is 5.04. The molecule has 1 aromatic heterocycles. The molecular formula is C30H28F6N4O6. The number of rotatable bonds is 8. The number of alkyl carbamates (subject to hydrolysis) is 1. The summed E-state index contributed by atoms with van der Waals surface area (Å²) in [5.41, 5.74) is 3.00. The maximum Gasteiger partial charge on any atom is 0.573 e. The van der Waals surface area contributed by atoms with E-state index in [4.69, 9.17) is 4.74 Å². The first-order valence-corrected chi connectivity index (χ1v) is 14.1. The Hall–Kier alpha value is -4.57. The van der Waals surface area contributed by atoms with Crippen LogP contribution in [0.3, 0.4) is 0 Å². The van der Waals surface area contributed by atoms with Gasteiger partial charge in [0.2, 0.25) is 0 Å². The summed E-state index contributed by atoms with van der Waals surface area (Å²) in [6, 6.07) is 12.2. The summed E-state index contributed by atoms with van der Waals surface area (Å²) in [4.78, 5) is 38.2. The van der Waals surface area contributed by atoms with Gasteiger partial charge in [0, 0.05) is 50.0 Å². The molecule has 3 aromatic rings. The first-order chi connectivity index (χ1) is 21.8. The second-order valence-corrected chi connectivity index (χ2v) is 10.6. The van der Waals surface area contributed by atoms with Crippen LogP contribution in [0, 0.1) is 0 Å². The zero-order valence-corrected chi connectivity index (χ0v) is 24.0. The van der Waals surface area contributed by atoms with Crippen molar-refractivity contribution in [1.82, 2.24) is 20.1 Å². The molecule has 1 saturated heterocycles. The van der Waals surface area contributed by atoms with Gasteiger partial charge < -0.3 is 29.4 Å². The summed E-state index contributed by atoms with van der Waals surface area (Å²) < 4.78 is 91.2. The Morgan fingerprint density at radius 3 is 2.39 bits per heavy atom. The lowest BCUT2D eigenvalue weighted by Gasteiger charge is -2.27. The van der Waals surface area contributed by atoms with Crippen molar-refractivity contribution in [3.05, 3.63) is 66.0 Å². The topological polar surface area (TPSA) is 111 Å². The third-order valence-corrected chi connectivity index (χ3v) is 7.43. The number of hydrogen-bond donors (Lipinski definition) is 2. The first-order valence-electron chi connectivity index (χ1n) is 14.1. The average Bonchev–Trinajstić information content (AvgIpc) is 3.40. The van der Waals surface area contributed by atoms with Crippen LogP contribution in [0.4, 0.5) is 31.1 Å². The number of ether oxygens (including phenoxy) is 3. The molecule has 0 bridgehead atoms. The van der Waals surface area contributed by atoms with Crippen molar-refractivity contribution in [3.63, 3.8) is 0 Å². The molecule has 2 aliphatic rings. The van der Waals surface area contributed by atoms with E-state index in [9.17, 15) is 40.7 Å². The number of amides is 2. The molecular weight excluding hydrogens is 626 g/mol. The number of aromatic nitrogens is 1. The summed E-state index contributed by atoms with van der Waals surface area (Å²) in [6.07, 6.45) is -10.2. The van der Waals surface area contributed by atoms with Crippen LogP contribution in [-0.4, -0.2) is 79.4 Å². The second kappa shape index (κ2) is 13.4. The first kappa shape index (κ1) is 32.8. The Kier molecular flexibility index (Phi) is 9.58. The van der Waals surface area contributed by atoms with Crippen molar-refractivity contribution < 1.29 is 54.9 Å². The summed E-state index contributed by atoms with van der Waals surface area (Å²) in [7, 11) is 0. The highest BCUT2D eigenvalue weighted by Crippen LogP contribution is 2.41. The quantitative estimate of drug-likeness (QED) is 0.199. The van der Waals surface area contributed by atoms with Gasteiger partial charge in [-0.1, -0.05) is 36.4 Å². The molecule has 1 fully saturated rings. The molecule has 0 saturated carbocycles. The Balaban J connectivity index is 1.46. The van der Waals surface area contributed by atoms with Gasteiger partial charge in [0.25, 0.3) is 5.91 Å². The summed E-state index contributed by atoms with van der Waals surface area (Å²) in [6.45, 7) is 3.35. The lowest BCUT2D eigenvalue weighted by molar-refractivity contribution is -0.274. The highest BCUT2D eigenvalue weighted by atomic mass is 19.4. The van der Waals surface area contributed by atoms with Crippen molar-refractivity contribution in [2.45, 2.75) is 31.5 Å².